The molecule has 2 heterocycles. The van der Waals surface area contributed by atoms with Gasteiger partial charge in [-0.2, -0.15) is 20.5 Å². The SMILES string of the molecule is Cc1ccnn1C(C)c1cn[nH]n1. The van der Waals surface area contributed by atoms with Gasteiger partial charge in [-0.3, -0.25) is 4.68 Å². The lowest BCUT2D eigenvalue weighted by Crippen LogP contribution is -2.10. The Labute approximate surface area is 75.8 Å². The number of aromatic amines is 1. The molecule has 1 unspecified atom stereocenters. The van der Waals surface area contributed by atoms with Crippen LogP contribution in [0.4, 0.5) is 0 Å². The van der Waals surface area contributed by atoms with Gasteiger partial charge in [0.15, 0.2) is 0 Å². The van der Waals surface area contributed by atoms with Gasteiger partial charge in [-0.25, -0.2) is 0 Å². The van der Waals surface area contributed by atoms with Crippen molar-refractivity contribution in [3.63, 3.8) is 0 Å². The van der Waals surface area contributed by atoms with Crippen molar-refractivity contribution in [2.45, 2.75) is 19.9 Å². The molecule has 0 aliphatic heterocycles. The smallest absolute Gasteiger partial charge is 0.107 e. The van der Waals surface area contributed by atoms with Crippen LogP contribution in [0.1, 0.15) is 24.4 Å². The van der Waals surface area contributed by atoms with Crippen LogP contribution in [0.25, 0.3) is 0 Å². The summed E-state index contributed by atoms with van der Waals surface area (Å²) in [5.74, 6) is 0. The van der Waals surface area contributed by atoms with Crippen LogP contribution in [0.5, 0.6) is 0 Å². The Hall–Kier alpha value is -1.65. The maximum atomic E-state index is 4.21. The van der Waals surface area contributed by atoms with Gasteiger partial charge in [0.05, 0.1) is 12.2 Å². The van der Waals surface area contributed by atoms with Gasteiger partial charge in [-0.1, -0.05) is 0 Å². The third-order valence-corrected chi connectivity index (χ3v) is 2.10. The van der Waals surface area contributed by atoms with E-state index in [1.54, 1.807) is 12.4 Å². The normalized spacial score (nSPS) is 13.1. The summed E-state index contributed by atoms with van der Waals surface area (Å²) in [7, 11) is 0. The van der Waals surface area contributed by atoms with Gasteiger partial charge in [0, 0.05) is 11.9 Å². The van der Waals surface area contributed by atoms with Crippen molar-refractivity contribution in [2.75, 3.05) is 0 Å². The number of rotatable bonds is 2. The summed E-state index contributed by atoms with van der Waals surface area (Å²) in [6, 6.07) is 2.10. The number of hydrogen-bond donors (Lipinski definition) is 1. The summed E-state index contributed by atoms with van der Waals surface area (Å²) >= 11 is 0. The van der Waals surface area contributed by atoms with Crippen LogP contribution in [-0.2, 0) is 0 Å². The molecule has 5 heteroatoms. The van der Waals surface area contributed by atoms with Crippen molar-refractivity contribution in [2.24, 2.45) is 0 Å². The number of hydrogen-bond acceptors (Lipinski definition) is 3. The van der Waals surface area contributed by atoms with Gasteiger partial charge in [0.25, 0.3) is 0 Å². The van der Waals surface area contributed by atoms with Crippen molar-refractivity contribution in [1.82, 2.24) is 25.2 Å². The fraction of sp³-hybridized carbons (Fsp3) is 0.375. The summed E-state index contributed by atoms with van der Waals surface area (Å²) in [6.07, 6.45) is 3.50. The lowest BCUT2D eigenvalue weighted by molar-refractivity contribution is 0.536. The minimum Gasteiger partial charge on any atom is -0.261 e. The van der Waals surface area contributed by atoms with E-state index in [0.717, 1.165) is 11.4 Å². The largest absolute Gasteiger partial charge is 0.261 e. The van der Waals surface area contributed by atoms with Gasteiger partial charge in [0.1, 0.15) is 5.69 Å². The molecule has 68 valence electrons. The van der Waals surface area contributed by atoms with Gasteiger partial charge in [-0.05, 0) is 19.9 Å². The lowest BCUT2D eigenvalue weighted by atomic mass is 10.2. The average Bonchev–Trinajstić information content (AvgIpc) is 2.72. The zero-order valence-corrected chi connectivity index (χ0v) is 7.60. The fourth-order valence-corrected chi connectivity index (χ4v) is 1.32. The first-order valence-corrected chi connectivity index (χ1v) is 4.15. The molecular weight excluding hydrogens is 166 g/mol. The minimum atomic E-state index is 0.133. The van der Waals surface area contributed by atoms with Crippen molar-refractivity contribution in [1.29, 1.82) is 0 Å². The first-order valence-electron chi connectivity index (χ1n) is 4.15. The molecule has 0 aromatic carbocycles. The van der Waals surface area contributed by atoms with Gasteiger partial charge >= 0.3 is 0 Å². The van der Waals surface area contributed by atoms with E-state index >= 15 is 0 Å². The molecule has 1 atom stereocenters. The quantitative estimate of drug-likeness (QED) is 0.742. The maximum Gasteiger partial charge on any atom is 0.107 e. The molecule has 0 spiro atoms. The van der Waals surface area contributed by atoms with Crippen molar-refractivity contribution >= 4 is 0 Å². The summed E-state index contributed by atoms with van der Waals surface area (Å²) < 4.78 is 1.91. The summed E-state index contributed by atoms with van der Waals surface area (Å²) in [4.78, 5) is 0. The van der Waals surface area contributed by atoms with Crippen molar-refractivity contribution in [3.05, 3.63) is 29.8 Å². The van der Waals surface area contributed by atoms with Crippen LogP contribution in [0.2, 0.25) is 0 Å². The zero-order chi connectivity index (χ0) is 9.26. The molecule has 2 aromatic heterocycles. The molecule has 2 aromatic rings. The van der Waals surface area contributed by atoms with Crippen molar-refractivity contribution < 1.29 is 0 Å². The first kappa shape index (κ1) is 7.97. The van der Waals surface area contributed by atoms with Crippen molar-refractivity contribution in [3.8, 4) is 0 Å². The van der Waals surface area contributed by atoms with Gasteiger partial charge < -0.3 is 0 Å². The second-order valence-corrected chi connectivity index (χ2v) is 2.99. The minimum absolute atomic E-state index is 0.133. The Morgan fingerprint density at radius 3 is 2.92 bits per heavy atom. The zero-order valence-electron chi connectivity index (χ0n) is 7.60. The van der Waals surface area contributed by atoms with E-state index < -0.39 is 0 Å². The molecule has 0 bridgehead atoms. The predicted octanol–water partition coefficient (Wildman–Crippen LogP) is 0.919. The van der Waals surface area contributed by atoms with Crippen LogP contribution in [0, 0.1) is 6.92 Å². The summed E-state index contributed by atoms with van der Waals surface area (Å²) in [5, 5.41) is 14.6. The van der Waals surface area contributed by atoms with E-state index in [1.807, 2.05) is 24.6 Å². The Bertz CT molecular complexity index is 375. The monoisotopic (exact) mass is 177 g/mol. The maximum absolute atomic E-state index is 4.21. The Kier molecular flexibility index (Phi) is 1.84. The molecule has 1 N–H and O–H groups in total. The number of nitrogens with zero attached hydrogens (tertiary/aromatic N) is 4. The Morgan fingerprint density at radius 1 is 1.54 bits per heavy atom. The molecule has 0 fully saturated rings. The van der Waals surface area contributed by atoms with E-state index in [1.165, 1.54) is 0 Å². The van der Waals surface area contributed by atoms with Crippen LogP contribution < -0.4 is 0 Å². The molecule has 0 aliphatic rings. The number of nitrogens with one attached hydrogen (secondary N) is 1. The Balaban J connectivity index is 2.33. The summed E-state index contributed by atoms with van der Waals surface area (Å²) in [6.45, 7) is 4.06. The number of H-pyrrole nitrogens is 1. The van der Waals surface area contributed by atoms with E-state index in [9.17, 15) is 0 Å². The Morgan fingerprint density at radius 2 is 2.38 bits per heavy atom. The molecule has 13 heavy (non-hydrogen) atoms. The predicted molar refractivity (Wildman–Crippen MR) is 47.2 cm³/mol. The van der Waals surface area contributed by atoms with Crippen LogP contribution >= 0.6 is 0 Å². The molecule has 0 amide bonds. The molecule has 0 saturated carbocycles. The van der Waals surface area contributed by atoms with Crippen LogP contribution in [-0.4, -0.2) is 25.2 Å². The van der Waals surface area contributed by atoms with E-state index in [0.29, 0.717) is 0 Å². The molecule has 2 rings (SSSR count). The highest BCUT2D eigenvalue weighted by atomic mass is 15.4. The number of aromatic nitrogens is 5. The van der Waals surface area contributed by atoms with E-state index in [-0.39, 0.29) is 6.04 Å². The second-order valence-electron chi connectivity index (χ2n) is 2.99. The third kappa shape index (κ3) is 1.32. The number of aryl methyl sites for hydroxylation is 1. The highest BCUT2D eigenvalue weighted by Crippen LogP contribution is 2.14. The molecule has 0 aliphatic carbocycles. The van der Waals surface area contributed by atoms with Crippen LogP contribution in [0.3, 0.4) is 0 Å². The van der Waals surface area contributed by atoms with Crippen LogP contribution in [0.15, 0.2) is 18.5 Å². The fourth-order valence-electron chi connectivity index (χ4n) is 1.32. The molecule has 0 radical (unpaired) electrons. The van der Waals surface area contributed by atoms with E-state index in [4.69, 9.17) is 0 Å². The van der Waals surface area contributed by atoms with Gasteiger partial charge in [-0.15, -0.1) is 0 Å². The molecule has 0 saturated heterocycles. The van der Waals surface area contributed by atoms with E-state index in [2.05, 4.69) is 20.5 Å². The first-order chi connectivity index (χ1) is 6.29. The average molecular weight is 177 g/mol. The lowest BCUT2D eigenvalue weighted by Gasteiger charge is -2.10. The molecule has 5 nitrogen and oxygen atoms in total. The third-order valence-electron chi connectivity index (χ3n) is 2.10. The second kappa shape index (κ2) is 3.01. The topological polar surface area (TPSA) is 59.4 Å². The summed E-state index contributed by atoms with van der Waals surface area (Å²) in [5.41, 5.74) is 2.02. The standard InChI is InChI=1S/C8H11N5/c1-6-3-4-10-13(6)7(2)8-5-9-12-11-8/h3-5,7H,1-2H3,(H,9,11,12). The van der Waals surface area contributed by atoms with Gasteiger partial charge in [0.2, 0.25) is 0 Å². The highest BCUT2D eigenvalue weighted by molar-refractivity contribution is 5.05. The highest BCUT2D eigenvalue weighted by Gasteiger charge is 2.11. The molecular formula is C8H11N5.